The van der Waals surface area contributed by atoms with Gasteiger partial charge in [0.2, 0.25) is 5.91 Å². The number of carbonyl (C=O) groups is 2. The second kappa shape index (κ2) is 10.8. The Morgan fingerprint density at radius 2 is 1.75 bits per heavy atom. The monoisotopic (exact) mass is 411 g/mol. The molecule has 2 fully saturated rings. The van der Waals surface area contributed by atoms with Crippen LogP contribution in [-0.2, 0) is 4.79 Å². The maximum atomic E-state index is 13.1. The molecule has 0 aliphatic carbocycles. The van der Waals surface area contributed by atoms with Crippen molar-refractivity contribution in [3.63, 3.8) is 0 Å². The van der Waals surface area contributed by atoms with Crippen molar-refractivity contribution >= 4 is 24.2 Å². The van der Waals surface area contributed by atoms with Crippen LogP contribution in [0.25, 0.3) is 0 Å². The number of carbonyl (C=O) groups excluding carboxylic acids is 2. The lowest BCUT2D eigenvalue weighted by Crippen LogP contribution is -2.48. The predicted molar refractivity (Wildman–Crippen MR) is 110 cm³/mol. The van der Waals surface area contributed by atoms with E-state index >= 15 is 0 Å². The van der Waals surface area contributed by atoms with Crippen LogP contribution >= 0.6 is 12.4 Å². The van der Waals surface area contributed by atoms with Gasteiger partial charge in [-0.2, -0.15) is 0 Å². The smallest absolute Gasteiger partial charge is 0.253 e. The summed E-state index contributed by atoms with van der Waals surface area (Å²) in [5.41, 5.74) is 0.481. The van der Waals surface area contributed by atoms with E-state index in [1.54, 1.807) is 4.90 Å². The van der Waals surface area contributed by atoms with Gasteiger partial charge in [0.15, 0.2) is 0 Å². The van der Waals surface area contributed by atoms with E-state index in [4.69, 9.17) is 0 Å². The molecule has 2 aliphatic rings. The van der Waals surface area contributed by atoms with Crippen molar-refractivity contribution in [1.29, 1.82) is 0 Å². The Morgan fingerprint density at radius 3 is 2.39 bits per heavy atom. The molecule has 1 aromatic carbocycles. The lowest BCUT2D eigenvalue weighted by Gasteiger charge is -2.38. The number of benzene rings is 1. The third kappa shape index (κ3) is 5.67. The fourth-order valence-corrected chi connectivity index (χ4v) is 4.19. The van der Waals surface area contributed by atoms with Crippen LogP contribution < -0.4 is 5.32 Å². The third-order valence-electron chi connectivity index (χ3n) is 5.88. The molecule has 0 saturated carbocycles. The molecular weight excluding hydrogens is 381 g/mol. The van der Waals surface area contributed by atoms with Crippen LogP contribution in [0.3, 0.4) is 0 Å². The van der Waals surface area contributed by atoms with Crippen molar-refractivity contribution in [1.82, 2.24) is 15.1 Å². The number of halogens is 2. The molecule has 1 atom stereocenters. The van der Waals surface area contributed by atoms with Crippen molar-refractivity contribution in [2.75, 3.05) is 39.8 Å². The van der Waals surface area contributed by atoms with Crippen molar-refractivity contribution in [2.24, 2.45) is 11.8 Å². The Labute approximate surface area is 173 Å². The quantitative estimate of drug-likeness (QED) is 0.810. The zero-order valence-corrected chi connectivity index (χ0v) is 17.3. The summed E-state index contributed by atoms with van der Waals surface area (Å²) in [5.74, 6) is 0.315. The Balaban J connectivity index is 0.00000280. The maximum absolute atomic E-state index is 13.1. The zero-order chi connectivity index (χ0) is 19.2. The predicted octanol–water partition coefficient (Wildman–Crippen LogP) is 2.95. The first-order valence-corrected chi connectivity index (χ1v) is 10.1. The normalized spacial score (nSPS) is 20.6. The molecule has 5 nitrogen and oxygen atoms in total. The average molecular weight is 412 g/mol. The van der Waals surface area contributed by atoms with Crippen molar-refractivity contribution < 1.29 is 14.0 Å². The molecule has 1 N–H and O–H groups in total. The number of rotatable bonds is 5. The van der Waals surface area contributed by atoms with Gasteiger partial charge in [0, 0.05) is 31.7 Å². The Hall–Kier alpha value is -1.66. The van der Waals surface area contributed by atoms with E-state index in [-0.39, 0.29) is 36.0 Å². The molecule has 3 rings (SSSR count). The molecule has 2 aliphatic heterocycles. The fraction of sp³-hybridized carbons (Fsp3) is 0.619. The minimum Gasteiger partial charge on any atom is -0.342 e. The van der Waals surface area contributed by atoms with Gasteiger partial charge in [-0.15, -0.1) is 12.4 Å². The summed E-state index contributed by atoms with van der Waals surface area (Å²) in [6, 6.07) is 5.63. The van der Waals surface area contributed by atoms with Gasteiger partial charge in [0.1, 0.15) is 5.82 Å². The first-order chi connectivity index (χ1) is 13.1. The molecule has 28 heavy (non-hydrogen) atoms. The highest BCUT2D eigenvalue weighted by Crippen LogP contribution is 2.25. The number of piperidine rings is 2. The first kappa shape index (κ1) is 22.6. The van der Waals surface area contributed by atoms with Crippen LogP contribution in [0.15, 0.2) is 24.3 Å². The highest BCUT2D eigenvalue weighted by Gasteiger charge is 2.33. The number of likely N-dealkylation sites (tertiary alicyclic amines) is 2. The van der Waals surface area contributed by atoms with Gasteiger partial charge in [0.05, 0.1) is 5.92 Å². The van der Waals surface area contributed by atoms with Gasteiger partial charge in [-0.1, -0.05) is 0 Å². The Bertz CT molecular complexity index is 648. The minimum atomic E-state index is -0.351. The molecule has 2 amide bonds. The SMILES string of the molecule is CNCCC1CCN(C(=O)C2CCCN(C(=O)c3ccc(F)cc3)C2)CC1.Cl. The van der Waals surface area contributed by atoms with E-state index in [2.05, 4.69) is 5.32 Å². The number of hydrogen-bond acceptors (Lipinski definition) is 3. The molecule has 2 heterocycles. The first-order valence-electron chi connectivity index (χ1n) is 10.1. The standard InChI is InChI=1S/C21H30FN3O2.ClH/c1-23-11-8-16-9-13-24(14-10-16)21(27)18-3-2-12-25(15-18)20(26)17-4-6-19(22)7-5-17;/h4-7,16,18,23H,2-3,8-15H2,1H3;1H. The fourth-order valence-electron chi connectivity index (χ4n) is 4.19. The molecule has 0 aromatic heterocycles. The van der Waals surface area contributed by atoms with Crippen molar-refractivity contribution in [3.05, 3.63) is 35.6 Å². The maximum Gasteiger partial charge on any atom is 0.253 e. The van der Waals surface area contributed by atoms with Gasteiger partial charge in [-0.25, -0.2) is 4.39 Å². The molecule has 2 saturated heterocycles. The highest BCUT2D eigenvalue weighted by atomic mass is 35.5. The molecule has 0 bridgehead atoms. The van der Waals surface area contributed by atoms with E-state index in [1.165, 1.54) is 30.7 Å². The van der Waals surface area contributed by atoms with E-state index in [0.717, 1.165) is 45.3 Å². The van der Waals surface area contributed by atoms with Crippen LogP contribution in [0, 0.1) is 17.7 Å². The largest absolute Gasteiger partial charge is 0.342 e. The number of nitrogens with zero attached hydrogens (tertiary/aromatic N) is 2. The third-order valence-corrected chi connectivity index (χ3v) is 5.88. The summed E-state index contributed by atoms with van der Waals surface area (Å²) in [6.07, 6.45) is 4.98. The minimum absolute atomic E-state index is 0. The van der Waals surface area contributed by atoms with Crippen LogP contribution in [0.2, 0.25) is 0 Å². The van der Waals surface area contributed by atoms with Gasteiger partial charge >= 0.3 is 0 Å². The van der Waals surface area contributed by atoms with E-state index in [9.17, 15) is 14.0 Å². The van der Waals surface area contributed by atoms with E-state index < -0.39 is 0 Å². The van der Waals surface area contributed by atoms with Gasteiger partial charge in [-0.3, -0.25) is 9.59 Å². The Kier molecular flexibility index (Phi) is 8.70. The second-order valence-electron chi connectivity index (χ2n) is 7.76. The van der Waals surface area contributed by atoms with Crippen LogP contribution in [0.4, 0.5) is 4.39 Å². The summed E-state index contributed by atoms with van der Waals surface area (Å²) in [7, 11) is 1.97. The molecule has 0 radical (unpaired) electrons. The summed E-state index contributed by atoms with van der Waals surface area (Å²) in [6.45, 7) is 3.81. The molecule has 1 aromatic rings. The lowest BCUT2D eigenvalue weighted by atomic mass is 9.91. The summed E-state index contributed by atoms with van der Waals surface area (Å²) < 4.78 is 13.1. The molecule has 1 unspecified atom stereocenters. The summed E-state index contributed by atoms with van der Waals surface area (Å²) >= 11 is 0. The molecule has 7 heteroatoms. The van der Waals surface area contributed by atoms with Gasteiger partial charge < -0.3 is 15.1 Å². The van der Waals surface area contributed by atoms with Gasteiger partial charge in [-0.05, 0) is 75.9 Å². The summed E-state index contributed by atoms with van der Waals surface area (Å²) in [5, 5.41) is 3.19. The number of nitrogens with one attached hydrogen (secondary N) is 1. The van der Waals surface area contributed by atoms with Crippen LogP contribution in [0.1, 0.15) is 42.5 Å². The summed E-state index contributed by atoms with van der Waals surface area (Å²) in [4.78, 5) is 29.4. The molecule has 0 spiro atoms. The molecule has 156 valence electrons. The van der Waals surface area contributed by atoms with E-state index in [1.807, 2.05) is 11.9 Å². The number of hydrogen-bond donors (Lipinski definition) is 1. The van der Waals surface area contributed by atoms with E-state index in [0.29, 0.717) is 24.6 Å². The van der Waals surface area contributed by atoms with Crippen molar-refractivity contribution in [2.45, 2.75) is 32.1 Å². The highest BCUT2D eigenvalue weighted by molar-refractivity contribution is 5.94. The van der Waals surface area contributed by atoms with Gasteiger partial charge in [0.25, 0.3) is 5.91 Å². The number of amides is 2. The average Bonchev–Trinajstić information content (AvgIpc) is 2.72. The lowest BCUT2D eigenvalue weighted by molar-refractivity contribution is -0.138. The van der Waals surface area contributed by atoms with Crippen molar-refractivity contribution in [3.8, 4) is 0 Å². The van der Waals surface area contributed by atoms with Crippen LogP contribution in [-0.4, -0.2) is 61.4 Å². The molecular formula is C21H31ClFN3O2. The second-order valence-corrected chi connectivity index (χ2v) is 7.76. The Morgan fingerprint density at radius 1 is 1.07 bits per heavy atom. The van der Waals surface area contributed by atoms with Crippen LogP contribution in [0.5, 0.6) is 0 Å². The zero-order valence-electron chi connectivity index (χ0n) is 16.5. The topological polar surface area (TPSA) is 52.7 Å².